The van der Waals surface area contributed by atoms with Gasteiger partial charge in [-0.1, -0.05) is 325 Å². The van der Waals surface area contributed by atoms with Gasteiger partial charge >= 0.3 is 0 Å². The number of carbonyl (C=O) groups excluding carboxylic acids is 1. The van der Waals surface area contributed by atoms with Gasteiger partial charge in [0.1, 0.15) is 58.2 Å². The Kier molecular flexibility index (Phi) is 32.0. The van der Waals surface area contributed by atoms with Crippen molar-refractivity contribution in [2.24, 2.45) is 25.0 Å². The van der Waals surface area contributed by atoms with Crippen LogP contribution in [0.25, 0.3) is 34.1 Å². The van der Waals surface area contributed by atoms with Crippen LogP contribution in [0.5, 0.6) is 0 Å². The summed E-state index contributed by atoms with van der Waals surface area (Å²) in [5, 5.41) is 2.11. The van der Waals surface area contributed by atoms with Gasteiger partial charge in [0.2, 0.25) is 0 Å². The molecular weight excluding hydrogens is 1780 g/mol. The van der Waals surface area contributed by atoms with Crippen LogP contribution in [-0.4, -0.2) is 45.0 Å². The maximum absolute atomic E-state index is 20.8. The quantitative estimate of drug-likeness (QED) is 0.0238. The van der Waals surface area contributed by atoms with Crippen LogP contribution in [-0.2, 0) is 49.7 Å². The highest BCUT2D eigenvalue weighted by molar-refractivity contribution is 6.33. The lowest BCUT2D eigenvalue weighted by atomic mass is 9.84. The minimum Gasteiger partial charge on any atom is -0.299 e. The lowest BCUT2D eigenvalue weighted by molar-refractivity contribution is -0.118. The van der Waals surface area contributed by atoms with Crippen molar-refractivity contribution >= 4 is 69.0 Å². The van der Waals surface area contributed by atoms with Crippen LogP contribution in [0.1, 0.15) is 261 Å². The molecule has 17 heteroatoms. The predicted octanol–water partition coefficient (Wildman–Crippen LogP) is 31.9. The molecule has 4 aliphatic heterocycles. The molecule has 0 spiro atoms. The number of halogens is 8. The van der Waals surface area contributed by atoms with E-state index in [9.17, 15) is 4.79 Å². The molecule has 0 unspecified atom stereocenters. The van der Waals surface area contributed by atoms with Gasteiger partial charge in [-0.2, -0.15) is 0 Å². The molecule has 9 nitrogen and oxygen atoms in total. The van der Waals surface area contributed by atoms with E-state index in [0.717, 1.165) is 102 Å². The molecule has 0 saturated heterocycles. The van der Waals surface area contributed by atoms with Crippen molar-refractivity contribution in [2.75, 3.05) is 0 Å². The molecule has 4 heterocycles. The minimum atomic E-state index is -1.11. The second kappa shape index (κ2) is 44.7. The van der Waals surface area contributed by atoms with Gasteiger partial charge in [-0.25, -0.2) is 70.1 Å². The number of hydrogen-bond acceptors (Lipinski definition) is 8. The van der Waals surface area contributed by atoms with E-state index in [1.54, 1.807) is 60.7 Å². The van der Waals surface area contributed by atoms with Crippen molar-refractivity contribution < 1.29 is 39.9 Å². The molecular formula is C125H118F8N8O. The third kappa shape index (κ3) is 21.7. The Bertz CT molecular complexity index is 7240. The van der Waals surface area contributed by atoms with Gasteiger partial charge in [0.15, 0.2) is 29.2 Å². The van der Waals surface area contributed by atoms with E-state index < -0.39 is 121 Å². The number of amidine groups is 5. The summed E-state index contributed by atoms with van der Waals surface area (Å²) < 4.78 is 158. The number of ketones is 1. The molecule has 0 saturated carbocycles. The number of fused-ring (bicyclic) bond motifs is 8. The SMILES string of the molecule is C=C/C=C(\C=C/CC(=O)CCC)Cc1c(F)c2c(c(F)c1Cc1ccc(C(=C)CC)cc1)C(=C)N=C2N=C1c2c(F)c(Cc3ccc(C(=C)CCC)cc3)c(CC3=CC=C(C(=C)CCC)CC=C3)c(F)c2C2=NC3=NC(=NC(=C)N(/C(C)=C4\CC(F)=C(CC5=C=CC=C(C(=C)C)C=C5)C(Cc5ccc(C=C)cc5)=C4F)NN12)c1c(F)c(Cc2ccc(C(=C)C)cc2)c(Cc2ccc(C(=C)CCC)cc2)c(F)c13. The number of allylic oxidation sites excluding steroid dienone is 28. The van der Waals surface area contributed by atoms with E-state index in [-0.39, 0.29) is 125 Å². The molecule has 15 rings (SSSR count). The Morgan fingerprint density at radius 3 is 1.56 bits per heavy atom. The van der Waals surface area contributed by atoms with Crippen LogP contribution in [0.15, 0.2) is 370 Å². The molecule has 1 N–H and O–H groups in total. The van der Waals surface area contributed by atoms with Crippen molar-refractivity contribution in [3.8, 4) is 0 Å². The van der Waals surface area contributed by atoms with Crippen molar-refractivity contribution in [1.82, 2.24) is 15.6 Å². The third-order valence-electron chi connectivity index (χ3n) is 27.0. The Balaban J connectivity index is 1.05. The van der Waals surface area contributed by atoms with Crippen LogP contribution in [0, 0.1) is 34.9 Å². The van der Waals surface area contributed by atoms with Gasteiger partial charge in [0, 0.05) is 87.5 Å². The Labute approximate surface area is 830 Å². The third-order valence-corrected chi connectivity index (χ3v) is 27.0. The fraction of sp³-hybridized carbons (Fsp3) is 0.224. The lowest BCUT2D eigenvalue weighted by Crippen LogP contribution is -2.52. The monoisotopic (exact) mass is 1900 g/mol. The first kappa shape index (κ1) is 102. The molecule has 0 atom stereocenters. The summed E-state index contributed by atoms with van der Waals surface area (Å²) in [6.45, 7) is 57.5. The zero-order chi connectivity index (χ0) is 101. The molecule has 0 radical (unpaired) electrons. The zero-order valence-corrected chi connectivity index (χ0v) is 82.3. The topological polar surface area (TPSA) is 97.4 Å². The van der Waals surface area contributed by atoms with E-state index in [2.05, 4.69) is 90.9 Å². The molecule has 7 aliphatic rings. The summed E-state index contributed by atoms with van der Waals surface area (Å²) in [7, 11) is 0. The van der Waals surface area contributed by atoms with Gasteiger partial charge in [-0.3, -0.25) is 4.79 Å². The highest BCUT2D eigenvalue weighted by Gasteiger charge is 2.47. The summed E-state index contributed by atoms with van der Waals surface area (Å²) in [6.07, 6.45) is 26.9. The summed E-state index contributed by atoms with van der Waals surface area (Å²) >= 11 is 0. The van der Waals surface area contributed by atoms with Gasteiger partial charge in [0.05, 0.1) is 33.5 Å². The number of Topliss-reactive ketones (excluding diaryl/α,β-unsaturated/α-hetero) is 1. The Morgan fingerprint density at radius 1 is 0.500 bits per heavy atom. The number of aliphatic imine (C=N–C) groups is 5. The van der Waals surface area contributed by atoms with Crippen LogP contribution in [0.4, 0.5) is 35.1 Å². The van der Waals surface area contributed by atoms with Gasteiger partial charge in [0.25, 0.3) is 0 Å². The summed E-state index contributed by atoms with van der Waals surface area (Å²) in [5.41, 5.74) is 16.6. The smallest absolute Gasteiger partial charge is 0.167 e. The number of nitrogens with zero attached hydrogens (tertiary/aromatic N) is 7. The minimum absolute atomic E-state index is 0.0184. The Morgan fingerprint density at radius 2 is 1.01 bits per heavy atom. The normalized spacial score (nSPS) is 15.6. The molecule has 2 bridgehead atoms. The first-order chi connectivity index (χ1) is 68.3. The molecule has 3 aliphatic carbocycles. The number of hydrazine groups is 2. The summed E-state index contributed by atoms with van der Waals surface area (Å²) in [4.78, 5) is 38.6. The van der Waals surface area contributed by atoms with Crippen molar-refractivity contribution in [3.63, 3.8) is 0 Å². The first-order valence-corrected chi connectivity index (χ1v) is 48.6. The Hall–Kier alpha value is -14.9. The van der Waals surface area contributed by atoms with Gasteiger partial charge in [-0.15, -0.1) is 11.3 Å². The molecule has 0 amide bonds. The predicted molar refractivity (Wildman–Crippen MR) is 571 cm³/mol. The number of hydrogen-bond donors (Lipinski definition) is 1. The highest BCUT2D eigenvalue weighted by atomic mass is 19.2. The number of nitrogens with one attached hydrogen (secondary N) is 1. The zero-order valence-electron chi connectivity index (χ0n) is 82.3. The number of rotatable bonds is 37. The maximum Gasteiger partial charge on any atom is 0.167 e. The maximum atomic E-state index is 20.8. The standard InChI is InChI=1S/C125H118F8N8O/c1-19-29-76(13)93-38-27-35-85(47-57-93)66-105-106(71-90-52-62-96(63-53-90)78(15)31-21-3)120(133)112-113(119(105)132)125-138-123-111-110(117(130)103(69-87-45-55-92(56-46-87)74(10)11)104(118(111)131)70-89-50-60-95(61-51-89)77(14)30-20-2)122(136-123)135-81(18)140(80(17)98-72-107(126)99(64-84-34-26-37-91(54-44-84)73(8)9)100(114(98)127)67-86-42-40-82(25-7)41-43-86)139-141(125)124(112)137-121-109-108(79(16)134-121)115(128)101(68-88-48-58-94(59-49-88)75(12)24-6)102(116(109)129)65-83(32-22-4)36-28-39-97(142)33-23-5/h22,25-28,32,35-37,40-63,139H,4,7-8,10,12-16,18-21,23-24,29-31,33,38-39,64-72H2,1-3,5-6,9,11,17H3/b36-28-,83-32+,98-80+,135-122?,137-124?,138-125?. The van der Waals surface area contributed by atoms with E-state index in [1.165, 1.54) is 13.0 Å². The molecule has 0 aromatic heterocycles. The second-order valence-electron chi connectivity index (χ2n) is 37.2. The lowest BCUT2D eigenvalue weighted by Gasteiger charge is -2.34. The van der Waals surface area contributed by atoms with Crippen molar-refractivity contribution in [2.45, 2.75) is 184 Å². The van der Waals surface area contributed by atoms with Crippen molar-refractivity contribution in [1.29, 1.82) is 0 Å². The highest BCUT2D eigenvalue weighted by Crippen LogP contribution is 2.48. The summed E-state index contributed by atoms with van der Waals surface area (Å²) in [6, 6.07) is 36.6. The largest absolute Gasteiger partial charge is 0.299 e. The number of benzene rings is 8. The number of carbonyl (C=O) groups is 1. The fourth-order valence-corrected chi connectivity index (χ4v) is 19.0. The van der Waals surface area contributed by atoms with E-state index in [4.69, 9.17) is 25.0 Å². The molecule has 8 aromatic carbocycles. The van der Waals surface area contributed by atoms with E-state index >= 15 is 35.1 Å². The van der Waals surface area contributed by atoms with Crippen LogP contribution >= 0.6 is 0 Å². The average Bonchev–Trinajstić information content (AvgIpc) is 1.55. The van der Waals surface area contributed by atoms with Crippen LogP contribution in [0.3, 0.4) is 0 Å². The van der Waals surface area contributed by atoms with Gasteiger partial charge < -0.3 is 0 Å². The van der Waals surface area contributed by atoms with Gasteiger partial charge in [-0.05, 0) is 216 Å². The molecule has 8 aromatic rings. The van der Waals surface area contributed by atoms with E-state index in [0.29, 0.717) is 89.5 Å². The first-order valence-electron chi connectivity index (χ1n) is 48.6. The average molecular weight is 1900 g/mol. The molecule has 720 valence electrons. The van der Waals surface area contributed by atoms with Crippen LogP contribution in [0.2, 0.25) is 0 Å². The second-order valence-corrected chi connectivity index (χ2v) is 37.2. The molecule has 0 fully saturated rings. The molecule has 142 heavy (non-hydrogen) atoms. The van der Waals surface area contributed by atoms with Crippen LogP contribution < -0.4 is 5.53 Å². The summed E-state index contributed by atoms with van der Waals surface area (Å²) in [5.74, 6) is -11.4. The fourth-order valence-electron chi connectivity index (χ4n) is 19.0. The van der Waals surface area contributed by atoms with Crippen molar-refractivity contribution in [3.05, 3.63) is 502 Å². The van der Waals surface area contributed by atoms with E-state index in [1.807, 2.05) is 168 Å².